The summed E-state index contributed by atoms with van der Waals surface area (Å²) in [6, 6.07) is 6.82. The molecule has 0 saturated heterocycles. The Hall–Kier alpha value is -2.38. The third-order valence-corrected chi connectivity index (χ3v) is 6.67. The van der Waals surface area contributed by atoms with E-state index in [0.29, 0.717) is 163 Å². The second-order valence-corrected chi connectivity index (χ2v) is 10.4. The number of hydrogen-bond acceptors (Lipinski definition) is 14. The third kappa shape index (κ3) is 22.4. The van der Waals surface area contributed by atoms with E-state index in [1.54, 1.807) is 30.3 Å². The Morgan fingerprint density at radius 1 is 0.400 bits per heavy atom. The van der Waals surface area contributed by atoms with Crippen LogP contribution in [0.1, 0.15) is 20.7 Å². The second-order valence-electron chi connectivity index (χ2n) is 10.4. The van der Waals surface area contributed by atoms with Gasteiger partial charge < -0.3 is 56.8 Å². The Labute approximate surface area is 296 Å². The topological polar surface area (TPSA) is 148 Å². The van der Waals surface area contributed by atoms with Gasteiger partial charge in [0.05, 0.1) is 176 Å². The summed E-state index contributed by atoms with van der Waals surface area (Å²) in [5, 5.41) is 0. The van der Waals surface area contributed by atoms with Gasteiger partial charge >= 0.3 is 0 Å². The van der Waals surface area contributed by atoms with Gasteiger partial charge in [0.15, 0.2) is 0 Å². The number of ether oxygens (including phenoxy) is 12. The van der Waals surface area contributed by atoms with E-state index >= 15 is 0 Å². The molecule has 0 saturated carbocycles. The summed E-state index contributed by atoms with van der Waals surface area (Å²) in [5.41, 5.74) is 0.882. The van der Waals surface area contributed by atoms with Crippen molar-refractivity contribution in [2.45, 2.75) is 0 Å². The molecule has 0 fully saturated rings. The van der Waals surface area contributed by atoms with Crippen LogP contribution >= 0.6 is 0 Å². The normalized spacial score (nSPS) is 12.7. The lowest BCUT2D eigenvalue weighted by atomic mass is 10.1. The van der Waals surface area contributed by atoms with Gasteiger partial charge in [0.2, 0.25) is 0 Å². The van der Waals surface area contributed by atoms with Gasteiger partial charge in [-0.3, -0.25) is 14.5 Å². The van der Waals surface area contributed by atoms with Crippen LogP contribution in [0.15, 0.2) is 36.9 Å². The number of benzene rings is 1. The number of amides is 2. The van der Waals surface area contributed by atoms with Crippen molar-refractivity contribution in [3.05, 3.63) is 48.0 Å². The summed E-state index contributed by atoms with van der Waals surface area (Å²) in [7, 11) is 0. The van der Waals surface area contributed by atoms with Crippen LogP contribution in [0.5, 0.6) is 0 Å². The van der Waals surface area contributed by atoms with E-state index in [1.165, 1.54) is 4.90 Å². The fourth-order valence-corrected chi connectivity index (χ4v) is 4.18. The average molecular weight is 716 g/mol. The number of nitrogens with zero attached hydrogens (tertiary/aromatic N) is 1. The fraction of sp³-hybridized carbons (Fsp3) is 0.714. The van der Waals surface area contributed by atoms with Gasteiger partial charge in [0.25, 0.3) is 11.8 Å². The highest BCUT2D eigenvalue weighted by molar-refractivity contribution is 6.21. The van der Waals surface area contributed by atoms with Gasteiger partial charge in [-0.25, -0.2) is 0 Å². The first-order valence-corrected chi connectivity index (χ1v) is 17.2. The van der Waals surface area contributed by atoms with Crippen LogP contribution in [0.4, 0.5) is 0 Å². The minimum absolute atomic E-state index is 0.213. The molecule has 0 unspecified atom stereocenters. The summed E-state index contributed by atoms with van der Waals surface area (Å²) in [6.45, 7) is 15.2. The van der Waals surface area contributed by atoms with Crippen molar-refractivity contribution in [2.24, 2.45) is 0 Å². The van der Waals surface area contributed by atoms with Crippen LogP contribution in [0.3, 0.4) is 0 Å². The maximum absolute atomic E-state index is 12.3. The third-order valence-electron chi connectivity index (χ3n) is 6.67. The summed E-state index contributed by atoms with van der Waals surface area (Å²) in [4.78, 5) is 25.8. The van der Waals surface area contributed by atoms with Gasteiger partial charge in [-0.1, -0.05) is 18.2 Å². The highest BCUT2D eigenvalue weighted by Gasteiger charge is 2.34. The first kappa shape index (κ1) is 43.8. The maximum Gasteiger partial charge on any atom is 0.261 e. The molecule has 286 valence electrons. The standard InChI is InChI=1S/C35H57NO14/c1-2-8-39-10-12-41-14-16-43-18-20-45-22-24-47-26-28-49-30-31-50-29-27-48-25-23-46-21-19-44-17-15-42-13-11-40-9-7-36-34(37)32-5-3-4-6-33(32)35(36)38/h2-6H,1,7-31H2. The van der Waals surface area contributed by atoms with Crippen molar-refractivity contribution in [1.29, 1.82) is 0 Å². The fourth-order valence-electron chi connectivity index (χ4n) is 4.18. The average Bonchev–Trinajstić information content (AvgIpc) is 3.37. The zero-order valence-corrected chi connectivity index (χ0v) is 29.4. The molecule has 2 rings (SSSR count). The van der Waals surface area contributed by atoms with E-state index in [4.69, 9.17) is 56.8 Å². The molecule has 1 heterocycles. The first-order valence-electron chi connectivity index (χ1n) is 17.2. The van der Waals surface area contributed by atoms with Crippen LogP contribution < -0.4 is 0 Å². The molecule has 1 aromatic rings. The van der Waals surface area contributed by atoms with Crippen LogP contribution in [0.2, 0.25) is 0 Å². The molecule has 50 heavy (non-hydrogen) atoms. The lowest BCUT2D eigenvalue weighted by molar-refractivity contribution is -0.0282. The van der Waals surface area contributed by atoms with Crippen molar-refractivity contribution >= 4 is 11.8 Å². The van der Waals surface area contributed by atoms with Crippen LogP contribution in [-0.2, 0) is 56.8 Å². The SMILES string of the molecule is C=CCOCCOCCOCCOCCOCCOCCOCCOCCOCCOCCOCCOCCN1C(=O)c2ccccc2C1=O. The lowest BCUT2D eigenvalue weighted by Crippen LogP contribution is -2.33. The Balaban J connectivity index is 1.16. The van der Waals surface area contributed by atoms with Crippen molar-refractivity contribution in [2.75, 3.05) is 165 Å². The van der Waals surface area contributed by atoms with Gasteiger partial charge in [-0.15, -0.1) is 6.58 Å². The quantitative estimate of drug-likeness (QED) is 0.0555. The predicted octanol–water partition coefficient (Wildman–Crippen LogP) is 1.67. The second kappa shape index (κ2) is 32.5. The Morgan fingerprint density at radius 3 is 0.900 bits per heavy atom. The maximum atomic E-state index is 12.3. The molecule has 0 atom stereocenters. The Bertz CT molecular complexity index is 949. The molecule has 1 aliphatic heterocycles. The lowest BCUT2D eigenvalue weighted by Gasteiger charge is -2.13. The minimum atomic E-state index is -0.279. The molecule has 0 N–H and O–H groups in total. The van der Waals surface area contributed by atoms with Gasteiger partial charge in [-0.05, 0) is 12.1 Å². The summed E-state index contributed by atoms with van der Waals surface area (Å²) < 4.78 is 65.3. The largest absolute Gasteiger partial charge is 0.377 e. The van der Waals surface area contributed by atoms with E-state index in [2.05, 4.69) is 6.58 Å². The van der Waals surface area contributed by atoms with Crippen molar-refractivity contribution < 1.29 is 66.4 Å². The van der Waals surface area contributed by atoms with E-state index in [1.807, 2.05) is 0 Å². The van der Waals surface area contributed by atoms with Gasteiger partial charge in [0, 0.05) is 0 Å². The first-order chi connectivity index (χ1) is 24.8. The number of rotatable bonds is 38. The number of imide groups is 1. The Kier molecular flexibility index (Phi) is 28.5. The van der Waals surface area contributed by atoms with Crippen molar-refractivity contribution in [1.82, 2.24) is 4.90 Å². The summed E-state index contributed by atoms with van der Waals surface area (Å²) >= 11 is 0. The minimum Gasteiger partial charge on any atom is -0.377 e. The van der Waals surface area contributed by atoms with E-state index in [0.717, 1.165) is 0 Å². The molecular weight excluding hydrogens is 658 g/mol. The molecule has 15 nitrogen and oxygen atoms in total. The predicted molar refractivity (Wildman–Crippen MR) is 182 cm³/mol. The van der Waals surface area contributed by atoms with Crippen LogP contribution in [0.25, 0.3) is 0 Å². The van der Waals surface area contributed by atoms with Crippen molar-refractivity contribution in [3.63, 3.8) is 0 Å². The summed E-state index contributed by atoms with van der Waals surface area (Å²) in [6.07, 6.45) is 1.71. The molecule has 1 aliphatic rings. The molecule has 0 radical (unpaired) electrons. The monoisotopic (exact) mass is 715 g/mol. The molecule has 0 spiro atoms. The highest BCUT2D eigenvalue weighted by atomic mass is 16.6. The molecule has 2 amide bonds. The highest BCUT2D eigenvalue weighted by Crippen LogP contribution is 2.21. The zero-order valence-electron chi connectivity index (χ0n) is 29.4. The number of hydrogen-bond donors (Lipinski definition) is 0. The molecule has 0 aliphatic carbocycles. The van der Waals surface area contributed by atoms with Crippen molar-refractivity contribution in [3.8, 4) is 0 Å². The van der Waals surface area contributed by atoms with E-state index < -0.39 is 0 Å². The molecule has 1 aromatic carbocycles. The summed E-state index contributed by atoms with van der Waals surface area (Å²) in [5.74, 6) is -0.558. The van der Waals surface area contributed by atoms with E-state index in [9.17, 15) is 9.59 Å². The van der Waals surface area contributed by atoms with Crippen LogP contribution in [0, 0.1) is 0 Å². The zero-order chi connectivity index (χ0) is 35.6. The molecule has 15 heteroatoms. The molecule has 0 aromatic heterocycles. The number of carbonyl (C=O) groups is 2. The number of carbonyl (C=O) groups excluding carboxylic acids is 2. The smallest absolute Gasteiger partial charge is 0.261 e. The van der Waals surface area contributed by atoms with E-state index in [-0.39, 0.29) is 25.0 Å². The number of fused-ring (bicyclic) bond motifs is 1. The Morgan fingerprint density at radius 2 is 0.640 bits per heavy atom. The molecule has 0 bridgehead atoms. The van der Waals surface area contributed by atoms with Crippen LogP contribution in [-0.4, -0.2) is 182 Å². The molecular formula is C35H57NO14. The van der Waals surface area contributed by atoms with Gasteiger partial charge in [-0.2, -0.15) is 0 Å². The van der Waals surface area contributed by atoms with Gasteiger partial charge in [0.1, 0.15) is 0 Å².